The Morgan fingerprint density at radius 2 is 1.86 bits per heavy atom. The number of benzene rings is 1. The van der Waals surface area contributed by atoms with Crippen molar-refractivity contribution in [3.05, 3.63) is 45.9 Å². The Morgan fingerprint density at radius 1 is 1.14 bits per heavy atom. The van der Waals surface area contributed by atoms with Crippen molar-refractivity contribution >= 4 is 5.91 Å². The van der Waals surface area contributed by atoms with Crippen LogP contribution in [-0.4, -0.2) is 30.3 Å². The summed E-state index contributed by atoms with van der Waals surface area (Å²) in [6, 6.07) is 6.36. The summed E-state index contributed by atoms with van der Waals surface area (Å²) in [5, 5.41) is 7.62. The standard InChI is InChI=1S/C14H17N3O4/c1-8(15-14(19)10-7-13(18)17-16-10)9-4-5-11(20-2)12(6-9)21-3/h4-8H,1-3H3,(H,15,19)(H2,16,17,18). The largest absolute Gasteiger partial charge is 0.493 e. The molecule has 21 heavy (non-hydrogen) atoms. The van der Waals surface area contributed by atoms with Crippen molar-refractivity contribution in [1.82, 2.24) is 15.5 Å². The van der Waals surface area contributed by atoms with Crippen LogP contribution < -0.4 is 20.3 Å². The van der Waals surface area contributed by atoms with Gasteiger partial charge in [0.15, 0.2) is 11.5 Å². The molecule has 0 saturated heterocycles. The van der Waals surface area contributed by atoms with Crippen molar-refractivity contribution in [3.8, 4) is 11.5 Å². The molecule has 0 aliphatic heterocycles. The van der Waals surface area contributed by atoms with Gasteiger partial charge >= 0.3 is 0 Å². The third-order valence-electron chi connectivity index (χ3n) is 3.10. The fourth-order valence-electron chi connectivity index (χ4n) is 1.93. The maximum atomic E-state index is 12.0. The van der Waals surface area contributed by atoms with Crippen LogP contribution in [0.15, 0.2) is 29.1 Å². The summed E-state index contributed by atoms with van der Waals surface area (Å²) in [7, 11) is 3.11. The lowest BCUT2D eigenvalue weighted by atomic mass is 10.1. The first-order valence-electron chi connectivity index (χ1n) is 6.35. The highest BCUT2D eigenvalue weighted by molar-refractivity contribution is 5.92. The molecule has 0 fully saturated rings. The normalized spacial score (nSPS) is 11.8. The van der Waals surface area contributed by atoms with E-state index in [-0.39, 0.29) is 23.2 Å². The van der Waals surface area contributed by atoms with E-state index >= 15 is 0 Å². The fraction of sp³-hybridized carbons (Fsp3) is 0.286. The van der Waals surface area contributed by atoms with Gasteiger partial charge in [-0.2, -0.15) is 0 Å². The number of carbonyl (C=O) groups is 1. The highest BCUT2D eigenvalue weighted by Gasteiger charge is 2.15. The van der Waals surface area contributed by atoms with E-state index in [0.717, 1.165) is 5.56 Å². The lowest BCUT2D eigenvalue weighted by molar-refractivity contribution is 0.0934. The molecule has 1 aromatic heterocycles. The second-order valence-corrected chi connectivity index (χ2v) is 4.48. The highest BCUT2D eigenvalue weighted by atomic mass is 16.5. The number of hydrogen-bond donors (Lipinski definition) is 3. The zero-order valence-electron chi connectivity index (χ0n) is 12.0. The maximum absolute atomic E-state index is 12.0. The molecule has 7 nitrogen and oxygen atoms in total. The van der Waals surface area contributed by atoms with Crippen LogP contribution in [0.2, 0.25) is 0 Å². The van der Waals surface area contributed by atoms with Gasteiger partial charge in [0, 0.05) is 6.07 Å². The summed E-state index contributed by atoms with van der Waals surface area (Å²) >= 11 is 0. The van der Waals surface area contributed by atoms with Crippen molar-refractivity contribution in [3.63, 3.8) is 0 Å². The second kappa shape index (κ2) is 6.17. The first-order valence-corrected chi connectivity index (χ1v) is 6.35. The van der Waals surface area contributed by atoms with Gasteiger partial charge in [-0.1, -0.05) is 6.07 Å². The van der Waals surface area contributed by atoms with E-state index in [1.54, 1.807) is 26.4 Å². The minimum absolute atomic E-state index is 0.187. The fourth-order valence-corrected chi connectivity index (χ4v) is 1.93. The molecule has 0 aliphatic carbocycles. The molecule has 1 unspecified atom stereocenters. The lowest BCUT2D eigenvalue weighted by Crippen LogP contribution is -2.27. The molecule has 0 saturated carbocycles. The SMILES string of the molecule is COc1ccc(C(C)NC(=O)c2cc(=O)[nH][nH]2)cc1OC. The van der Waals surface area contributed by atoms with E-state index in [1.165, 1.54) is 6.07 Å². The molecule has 0 spiro atoms. The minimum Gasteiger partial charge on any atom is -0.493 e. The first kappa shape index (κ1) is 14.7. The first-order chi connectivity index (χ1) is 10.0. The van der Waals surface area contributed by atoms with E-state index in [4.69, 9.17) is 9.47 Å². The van der Waals surface area contributed by atoms with Gasteiger partial charge in [0.25, 0.3) is 11.5 Å². The third kappa shape index (κ3) is 3.25. The van der Waals surface area contributed by atoms with Crippen molar-refractivity contribution < 1.29 is 14.3 Å². The van der Waals surface area contributed by atoms with Crippen LogP contribution in [0.25, 0.3) is 0 Å². The Bertz CT molecular complexity index is 690. The molecule has 1 amide bonds. The molecule has 1 aromatic carbocycles. The zero-order valence-corrected chi connectivity index (χ0v) is 12.0. The van der Waals surface area contributed by atoms with Crippen molar-refractivity contribution in [2.75, 3.05) is 14.2 Å². The highest BCUT2D eigenvalue weighted by Crippen LogP contribution is 2.29. The predicted molar refractivity (Wildman–Crippen MR) is 76.8 cm³/mol. The number of rotatable bonds is 5. The van der Waals surface area contributed by atoms with Crippen molar-refractivity contribution in [2.24, 2.45) is 0 Å². The van der Waals surface area contributed by atoms with Crippen LogP contribution >= 0.6 is 0 Å². The van der Waals surface area contributed by atoms with Crippen LogP contribution in [0.1, 0.15) is 29.0 Å². The van der Waals surface area contributed by atoms with Crippen LogP contribution in [0, 0.1) is 0 Å². The van der Waals surface area contributed by atoms with Crippen LogP contribution in [0.3, 0.4) is 0 Å². The van der Waals surface area contributed by atoms with E-state index in [0.29, 0.717) is 11.5 Å². The van der Waals surface area contributed by atoms with Gasteiger partial charge < -0.3 is 14.8 Å². The molecule has 2 aromatic rings. The van der Waals surface area contributed by atoms with Crippen LogP contribution in [0.4, 0.5) is 0 Å². The van der Waals surface area contributed by atoms with E-state index < -0.39 is 0 Å². The molecule has 7 heteroatoms. The summed E-state index contributed by atoms with van der Waals surface area (Å²) in [6.45, 7) is 1.84. The summed E-state index contributed by atoms with van der Waals surface area (Å²) < 4.78 is 10.4. The van der Waals surface area contributed by atoms with Crippen molar-refractivity contribution in [1.29, 1.82) is 0 Å². The van der Waals surface area contributed by atoms with Gasteiger partial charge in [0.1, 0.15) is 5.69 Å². The van der Waals surface area contributed by atoms with Gasteiger partial charge in [-0.3, -0.25) is 19.8 Å². The Morgan fingerprint density at radius 3 is 2.43 bits per heavy atom. The van der Waals surface area contributed by atoms with Gasteiger partial charge in [0.05, 0.1) is 20.3 Å². The molecule has 0 bridgehead atoms. The van der Waals surface area contributed by atoms with Gasteiger partial charge in [-0.25, -0.2) is 0 Å². The number of methoxy groups -OCH3 is 2. The number of H-pyrrole nitrogens is 2. The Hall–Kier alpha value is -2.70. The Labute approximate surface area is 121 Å². The van der Waals surface area contributed by atoms with E-state index in [2.05, 4.69) is 15.5 Å². The second-order valence-electron chi connectivity index (χ2n) is 4.48. The molecule has 1 heterocycles. The smallest absolute Gasteiger partial charge is 0.269 e. The number of amides is 1. The van der Waals surface area contributed by atoms with Gasteiger partial charge in [0.2, 0.25) is 0 Å². The molecule has 112 valence electrons. The molecule has 1 atom stereocenters. The number of aromatic nitrogens is 2. The Balaban J connectivity index is 2.14. The molecular formula is C14H17N3O4. The van der Waals surface area contributed by atoms with Gasteiger partial charge in [-0.15, -0.1) is 0 Å². The average molecular weight is 291 g/mol. The molecule has 0 radical (unpaired) electrons. The van der Waals surface area contributed by atoms with Crippen LogP contribution in [0.5, 0.6) is 11.5 Å². The number of aromatic amines is 2. The lowest BCUT2D eigenvalue weighted by Gasteiger charge is -2.16. The third-order valence-corrected chi connectivity index (χ3v) is 3.10. The summed E-state index contributed by atoms with van der Waals surface area (Å²) in [6.07, 6.45) is 0. The minimum atomic E-state index is -0.365. The number of carbonyl (C=O) groups excluding carboxylic acids is 1. The predicted octanol–water partition coefficient (Wildman–Crippen LogP) is 1.21. The monoisotopic (exact) mass is 291 g/mol. The summed E-state index contributed by atoms with van der Waals surface area (Å²) in [4.78, 5) is 23.0. The van der Waals surface area contributed by atoms with E-state index in [1.807, 2.05) is 13.0 Å². The summed E-state index contributed by atoms with van der Waals surface area (Å²) in [5.74, 6) is 0.844. The molecule has 2 rings (SSSR count). The molecular weight excluding hydrogens is 274 g/mol. The van der Waals surface area contributed by atoms with Crippen LogP contribution in [-0.2, 0) is 0 Å². The quantitative estimate of drug-likeness (QED) is 0.771. The van der Waals surface area contributed by atoms with Crippen molar-refractivity contribution in [2.45, 2.75) is 13.0 Å². The molecule has 0 aliphatic rings. The summed E-state index contributed by atoms with van der Waals surface area (Å²) in [5.41, 5.74) is 0.699. The van der Waals surface area contributed by atoms with Gasteiger partial charge in [-0.05, 0) is 24.6 Å². The number of nitrogens with one attached hydrogen (secondary N) is 3. The Kier molecular flexibility index (Phi) is 4.32. The zero-order chi connectivity index (χ0) is 15.4. The maximum Gasteiger partial charge on any atom is 0.269 e. The van der Waals surface area contributed by atoms with E-state index in [9.17, 15) is 9.59 Å². The number of hydrogen-bond acceptors (Lipinski definition) is 4. The average Bonchev–Trinajstić information content (AvgIpc) is 2.93. The molecule has 3 N–H and O–H groups in total. The topological polar surface area (TPSA) is 96.2 Å². The number of ether oxygens (including phenoxy) is 2.